The molecule has 3 aliphatic carbocycles. The van der Waals surface area contributed by atoms with Crippen LogP contribution < -0.4 is 0 Å². The Hall–Kier alpha value is -0.970. The van der Waals surface area contributed by atoms with E-state index in [-0.39, 0.29) is 0 Å². The van der Waals surface area contributed by atoms with E-state index < -0.39 is 23.6 Å². The summed E-state index contributed by atoms with van der Waals surface area (Å²) in [6, 6.07) is 0. The largest absolute Gasteiger partial charge is 0.390 e. The third-order valence-electron chi connectivity index (χ3n) is 8.27. The SMILES string of the molecule is C[C@@H](CCCC(C)(C)O)C1CCC2/C(=C/C=C3C[C@@H](O)C(=O)[C@H](O)C3)CCC[C@@]21C. The summed E-state index contributed by atoms with van der Waals surface area (Å²) in [6.07, 6.45) is 12.2. The minimum absolute atomic E-state index is 0.346. The molecule has 4 heteroatoms. The number of carbonyl (C=O) groups is 1. The lowest BCUT2D eigenvalue weighted by Gasteiger charge is -2.44. The number of ketones is 1. The second kappa shape index (κ2) is 9.26. The number of hydrogen-bond acceptors (Lipinski definition) is 4. The smallest absolute Gasteiger partial charge is 0.190 e. The van der Waals surface area contributed by atoms with Crippen molar-refractivity contribution in [2.45, 2.75) is 110 Å². The van der Waals surface area contributed by atoms with Crippen molar-refractivity contribution >= 4 is 5.78 Å². The molecule has 0 spiro atoms. The van der Waals surface area contributed by atoms with E-state index in [9.17, 15) is 20.1 Å². The van der Waals surface area contributed by atoms with Crippen molar-refractivity contribution in [3.05, 3.63) is 23.3 Å². The number of rotatable bonds is 6. The van der Waals surface area contributed by atoms with Crippen LogP contribution >= 0.6 is 0 Å². The fraction of sp³-hybridized carbons (Fsp3) is 0.808. The Balaban J connectivity index is 1.67. The Labute approximate surface area is 182 Å². The van der Waals surface area contributed by atoms with Gasteiger partial charge in [-0.2, -0.15) is 0 Å². The van der Waals surface area contributed by atoms with Crippen molar-refractivity contribution in [1.29, 1.82) is 0 Å². The highest BCUT2D eigenvalue weighted by molar-refractivity contribution is 5.88. The van der Waals surface area contributed by atoms with Crippen LogP contribution in [-0.2, 0) is 4.79 Å². The first-order valence-electron chi connectivity index (χ1n) is 12.0. The molecule has 0 bridgehead atoms. The van der Waals surface area contributed by atoms with E-state index in [1.54, 1.807) is 0 Å². The van der Waals surface area contributed by atoms with E-state index in [4.69, 9.17) is 0 Å². The maximum atomic E-state index is 11.6. The molecule has 170 valence electrons. The molecular weight excluding hydrogens is 376 g/mol. The van der Waals surface area contributed by atoms with Gasteiger partial charge in [0.25, 0.3) is 0 Å². The molecule has 6 atom stereocenters. The predicted molar refractivity (Wildman–Crippen MR) is 120 cm³/mol. The molecule has 2 unspecified atom stereocenters. The zero-order valence-corrected chi connectivity index (χ0v) is 19.4. The monoisotopic (exact) mass is 418 g/mol. The highest BCUT2D eigenvalue weighted by Crippen LogP contribution is 2.59. The third-order valence-corrected chi connectivity index (χ3v) is 8.27. The van der Waals surface area contributed by atoms with E-state index in [0.717, 1.165) is 30.8 Å². The second-order valence-electron chi connectivity index (χ2n) is 11.2. The number of aliphatic hydroxyl groups is 3. The minimum Gasteiger partial charge on any atom is -0.390 e. The van der Waals surface area contributed by atoms with Crippen LogP contribution in [0.1, 0.15) is 91.9 Å². The quantitative estimate of drug-likeness (QED) is 0.583. The molecule has 3 N–H and O–H groups in total. The summed E-state index contributed by atoms with van der Waals surface area (Å²) in [5, 5.41) is 29.8. The van der Waals surface area contributed by atoms with Crippen LogP contribution in [-0.4, -0.2) is 38.9 Å². The molecule has 0 radical (unpaired) electrons. The molecule has 3 saturated carbocycles. The average molecular weight is 419 g/mol. The number of carbonyl (C=O) groups excluding carboxylic acids is 1. The summed E-state index contributed by atoms with van der Waals surface area (Å²) in [4.78, 5) is 11.6. The van der Waals surface area contributed by atoms with Gasteiger partial charge in [-0.25, -0.2) is 0 Å². The maximum Gasteiger partial charge on any atom is 0.190 e. The van der Waals surface area contributed by atoms with Crippen molar-refractivity contribution in [2.24, 2.45) is 23.2 Å². The van der Waals surface area contributed by atoms with E-state index in [2.05, 4.69) is 26.0 Å². The lowest BCUT2D eigenvalue weighted by Crippen LogP contribution is -2.37. The standard InChI is InChI=1S/C26H42O4/c1-17(7-5-13-25(2,3)30)20-11-12-21-19(8-6-14-26(20,21)4)10-9-18-15-22(27)24(29)23(28)16-18/h9-10,17,20-23,27-28,30H,5-8,11-16H2,1-4H3/b19-10+/t17-,20?,21?,22+,23+,26+/m0/s1. The minimum atomic E-state index is -1.06. The molecule has 0 saturated heterocycles. The fourth-order valence-electron chi connectivity index (χ4n) is 6.64. The van der Waals surface area contributed by atoms with Gasteiger partial charge >= 0.3 is 0 Å². The van der Waals surface area contributed by atoms with Gasteiger partial charge < -0.3 is 15.3 Å². The zero-order valence-electron chi connectivity index (χ0n) is 19.4. The number of allylic oxidation sites excluding steroid dienone is 3. The van der Waals surface area contributed by atoms with Crippen molar-refractivity contribution in [3.8, 4) is 0 Å². The van der Waals surface area contributed by atoms with Gasteiger partial charge in [0, 0.05) is 12.8 Å². The van der Waals surface area contributed by atoms with E-state index >= 15 is 0 Å². The Morgan fingerprint density at radius 2 is 1.83 bits per heavy atom. The van der Waals surface area contributed by atoms with Gasteiger partial charge in [0.15, 0.2) is 5.78 Å². The summed E-state index contributed by atoms with van der Waals surface area (Å²) in [5.74, 6) is 1.58. The van der Waals surface area contributed by atoms with Crippen LogP contribution in [0.2, 0.25) is 0 Å². The lowest BCUT2D eigenvalue weighted by molar-refractivity contribution is -0.137. The molecule has 0 heterocycles. The van der Waals surface area contributed by atoms with Crippen LogP contribution in [0.15, 0.2) is 23.3 Å². The summed E-state index contributed by atoms with van der Waals surface area (Å²) in [6.45, 7) is 8.70. The van der Waals surface area contributed by atoms with Crippen molar-refractivity contribution in [3.63, 3.8) is 0 Å². The third kappa shape index (κ3) is 5.26. The Morgan fingerprint density at radius 1 is 1.17 bits per heavy atom. The number of aliphatic hydroxyl groups excluding tert-OH is 2. The van der Waals surface area contributed by atoms with Crippen LogP contribution in [0.5, 0.6) is 0 Å². The highest BCUT2D eigenvalue weighted by atomic mass is 16.3. The second-order valence-corrected chi connectivity index (χ2v) is 11.2. The number of hydrogen-bond donors (Lipinski definition) is 3. The topological polar surface area (TPSA) is 77.8 Å². The molecule has 0 aromatic rings. The van der Waals surface area contributed by atoms with Crippen molar-refractivity contribution < 1.29 is 20.1 Å². The van der Waals surface area contributed by atoms with Gasteiger partial charge in [0.2, 0.25) is 0 Å². The van der Waals surface area contributed by atoms with Crippen LogP contribution in [0.3, 0.4) is 0 Å². The van der Waals surface area contributed by atoms with Crippen LogP contribution in [0.4, 0.5) is 0 Å². The lowest BCUT2D eigenvalue weighted by atomic mass is 9.60. The molecule has 0 aliphatic heterocycles. The first kappa shape index (κ1) is 23.7. The Bertz CT molecular complexity index is 670. The van der Waals surface area contributed by atoms with Crippen LogP contribution in [0, 0.1) is 23.2 Å². The molecule has 3 rings (SSSR count). The molecule has 3 fully saturated rings. The Kier molecular flexibility index (Phi) is 7.31. The van der Waals surface area contributed by atoms with E-state index in [1.165, 1.54) is 37.7 Å². The summed E-state index contributed by atoms with van der Waals surface area (Å²) >= 11 is 0. The number of Topliss-reactive ketones (excluding diaryl/α,β-unsaturated/α-hetero) is 1. The van der Waals surface area contributed by atoms with Crippen molar-refractivity contribution in [1.82, 2.24) is 0 Å². The van der Waals surface area contributed by atoms with E-state index in [1.807, 2.05) is 13.8 Å². The van der Waals surface area contributed by atoms with Crippen molar-refractivity contribution in [2.75, 3.05) is 0 Å². The first-order valence-corrected chi connectivity index (χ1v) is 12.0. The predicted octanol–water partition coefficient (Wildman–Crippen LogP) is 4.72. The molecule has 0 aromatic carbocycles. The summed E-state index contributed by atoms with van der Waals surface area (Å²) < 4.78 is 0. The van der Waals surface area contributed by atoms with Gasteiger partial charge in [-0.15, -0.1) is 0 Å². The molecule has 4 nitrogen and oxygen atoms in total. The average Bonchev–Trinajstić information content (AvgIpc) is 3.00. The molecular formula is C26H42O4. The summed E-state index contributed by atoms with van der Waals surface area (Å²) in [7, 11) is 0. The van der Waals surface area contributed by atoms with Crippen LogP contribution in [0.25, 0.3) is 0 Å². The number of fused-ring (bicyclic) bond motifs is 1. The zero-order chi connectivity index (χ0) is 22.1. The Morgan fingerprint density at radius 3 is 2.47 bits per heavy atom. The van der Waals surface area contributed by atoms with E-state index in [0.29, 0.717) is 30.1 Å². The molecule has 0 aromatic heterocycles. The van der Waals surface area contributed by atoms with Gasteiger partial charge in [-0.3, -0.25) is 4.79 Å². The fourth-order valence-corrected chi connectivity index (χ4v) is 6.64. The maximum absolute atomic E-state index is 11.6. The highest BCUT2D eigenvalue weighted by Gasteiger charge is 2.50. The molecule has 3 aliphatic rings. The molecule has 0 amide bonds. The van der Waals surface area contributed by atoms with Gasteiger partial charge in [0.1, 0.15) is 12.2 Å². The molecule has 30 heavy (non-hydrogen) atoms. The first-order chi connectivity index (χ1) is 14.0. The van der Waals surface area contributed by atoms with Gasteiger partial charge in [0.05, 0.1) is 5.60 Å². The van der Waals surface area contributed by atoms with Gasteiger partial charge in [-0.05, 0) is 75.5 Å². The summed E-state index contributed by atoms with van der Waals surface area (Å²) in [5.41, 5.74) is 2.27. The normalized spacial score (nSPS) is 37.4. The van der Waals surface area contributed by atoms with Gasteiger partial charge in [-0.1, -0.05) is 50.0 Å².